The highest BCUT2D eigenvalue weighted by Crippen LogP contribution is 2.26. The van der Waals surface area contributed by atoms with Crippen LogP contribution in [0.5, 0.6) is 5.75 Å². The van der Waals surface area contributed by atoms with E-state index in [4.69, 9.17) is 4.74 Å². The summed E-state index contributed by atoms with van der Waals surface area (Å²) in [5, 5.41) is 7.49. The molecular formula is C24H28N4O2S. The molecule has 4 rings (SSSR count). The highest BCUT2D eigenvalue weighted by atomic mass is 32.2. The Morgan fingerprint density at radius 3 is 2.65 bits per heavy atom. The van der Waals surface area contributed by atoms with Crippen LogP contribution in [0, 0.1) is 5.92 Å². The van der Waals surface area contributed by atoms with E-state index in [0.717, 1.165) is 54.4 Å². The van der Waals surface area contributed by atoms with Gasteiger partial charge in [0.15, 0.2) is 5.16 Å². The molecule has 31 heavy (non-hydrogen) atoms. The Morgan fingerprint density at radius 2 is 1.94 bits per heavy atom. The Hall–Kier alpha value is -2.80. The Bertz CT molecular complexity index is 968. The number of carbonyl (C=O) groups is 1. The second-order valence-electron chi connectivity index (χ2n) is 7.86. The zero-order valence-corrected chi connectivity index (χ0v) is 18.6. The molecule has 1 N–H and O–H groups in total. The lowest BCUT2D eigenvalue weighted by Crippen LogP contribution is -2.39. The van der Waals surface area contributed by atoms with E-state index in [2.05, 4.69) is 27.3 Å². The summed E-state index contributed by atoms with van der Waals surface area (Å²) >= 11 is 1.56. The molecule has 0 aliphatic carbocycles. The lowest BCUT2D eigenvalue weighted by molar-refractivity contribution is 0.0686. The van der Waals surface area contributed by atoms with Crippen LogP contribution in [-0.4, -0.2) is 46.2 Å². The largest absolute Gasteiger partial charge is 0.497 e. The van der Waals surface area contributed by atoms with E-state index < -0.39 is 0 Å². The molecule has 0 atom stereocenters. The Morgan fingerprint density at radius 1 is 1.16 bits per heavy atom. The van der Waals surface area contributed by atoms with Crippen molar-refractivity contribution in [1.29, 1.82) is 0 Å². The van der Waals surface area contributed by atoms with Gasteiger partial charge in [-0.15, -0.1) is 0 Å². The molecule has 0 saturated carbocycles. The zero-order valence-electron chi connectivity index (χ0n) is 17.8. The first-order valence-corrected chi connectivity index (χ1v) is 11.7. The van der Waals surface area contributed by atoms with Crippen LogP contribution in [0.2, 0.25) is 0 Å². The van der Waals surface area contributed by atoms with Crippen LogP contribution in [0.25, 0.3) is 0 Å². The number of hydrogen-bond acceptors (Lipinski definition) is 5. The average molecular weight is 437 g/mol. The van der Waals surface area contributed by atoms with Crippen LogP contribution < -0.4 is 4.74 Å². The van der Waals surface area contributed by atoms with Crippen molar-refractivity contribution in [3.63, 3.8) is 0 Å². The van der Waals surface area contributed by atoms with E-state index in [1.54, 1.807) is 18.9 Å². The lowest BCUT2D eigenvalue weighted by Gasteiger charge is -2.32. The fraction of sp³-hybridized carbons (Fsp3) is 0.375. The number of aromatic amines is 1. The van der Waals surface area contributed by atoms with Crippen LogP contribution in [0.15, 0.2) is 60.0 Å². The first-order chi connectivity index (χ1) is 15.2. The van der Waals surface area contributed by atoms with Gasteiger partial charge in [0.1, 0.15) is 12.1 Å². The van der Waals surface area contributed by atoms with Gasteiger partial charge in [0, 0.05) is 24.4 Å². The van der Waals surface area contributed by atoms with E-state index in [9.17, 15) is 4.79 Å². The van der Waals surface area contributed by atoms with Crippen molar-refractivity contribution in [1.82, 2.24) is 20.1 Å². The minimum Gasteiger partial charge on any atom is -0.497 e. The maximum absolute atomic E-state index is 13.2. The van der Waals surface area contributed by atoms with Gasteiger partial charge in [-0.2, -0.15) is 5.10 Å². The maximum Gasteiger partial charge on any atom is 0.254 e. The lowest BCUT2D eigenvalue weighted by atomic mass is 9.90. The first kappa shape index (κ1) is 21.4. The number of carbonyl (C=O) groups excluding carboxylic acids is 1. The average Bonchev–Trinajstić information content (AvgIpc) is 3.35. The number of likely N-dealkylation sites (tertiary alicyclic amines) is 1. The molecule has 2 aromatic carbocycles. The van der Waals surface area contributed by atoms with Gasteiger partial charge < -0.3 is 9.64 Å². The number of ether oxygens (including phenoxy) is 1. The van der Waals surface area contributed by atoms with Gasteiger partial charge in [-0.05, 0) is 60.9 Å². The van der Waals surface area contributed by atoms with Crippen molar-refractivity contribution >= 4 is 17.7 Å². The maximum atomic E-state index is 13.2. The van der Waals surface area contributed by atoms with E-state index in [-0.39, 0.29) is 5.91 Å². The molecule has 1 fully saturated rings. The number of rotatable bonds is 8. The normalized spacial score (nSPS) is 14.5. The molecule has 162 valence electrons. The summed E-state index contributed by atoms with van der Waals surface area (Å²) in [5.74, 6) is 2.40. The third-order valence-electron chi connectivity index (χ3n) is 5.91. The summed E-state index contributed by atoms with van der Waals surface area (Å²) < 4.78 is 5.23. The topological polar surface area (TPSA) is 71.1 Å². The molecule has 7 heteroatoms. The molecule has 2 heterocycles. The van der Waals surface area contributed by atoms with Crippen molar-refractivity contribution in [3.8, 4) is 5.75 Å². The summed E-state index contributed by atoms with van der Waals surface area (Å²) in [6, 6.07) is 16.2. The number of nitrogens with one attached hydrogen (secondary N) is 1. The number of amides is 1. The van der Waals surface area contributed by atoms with Gasteiger partial charge in [-0.3, -0.25) is 9.89 Å². The smallest absolute Gasteiger partial charge is 0.254 e. The number of methoxy groups -OCH3 is 1. The number of H-pyrrole nitrogens is 1. The van der Waals surface area contributed by atoms with E-state index in [1.165, 1.54) is 18.3 Å². The summed E-state index contributed by atoms with van der Waals surface area (Å²) in [4.78, 5) is 19.4. The van der Waals surface area contributed by atoms with E-state index in [0.29, 0.717) is 11.7 Å². The molecule has 1 amide bonds. The molecule has 1 aromatic heterocycles. The third kappa shape index (κ3) is 5.67. The zero-order chi connectivity index (χ0) is 21.5. The van der Waals surface area contributed by atoms with Crippen molar-refractivity contribution in [3.05, 3.63) is 71.5 Å². The molecule has 1 aliphatic rings. The Kier molecular flexibility index (Phi) is 7.25. The quantitative estimate of drug-likeness (QED) is 0.523. The molecule has 0 bridgehead atoms. The van der Waals surface area contributed by atoms with Crippen molar-refractivity contribution in [2.24, 2.45) is 5.92 Å². The van der Waals surface area contributed by atoms with E-state index >= 15 is 0 Å². The van der Waals surface area contributed by atoms with Gasteiger partial charge in [0.25, 0.3) is 5.91 Å². The van der Waals surface area contributed by atoms with Crippen LogP contribution in [0.3, 0.4) is 0 Å². The Labute approximate surface area is 187 Å². The van der Waals surface area contributed by atoms with Crippen LogP contribution in [0.4, 0.5) is 0 Å². The number of nitrogens with zero attached hydrogens (tertiary/aromatic N) is 3. The van der Waals surface area contributed by atoms with Crippen LogP contribution in [0.1, 0.15) is 40.7 Å². The number of thioether (sulfide) groups is 1. The number of aryl methyl sites for hydroxylation is 1. The highest BCUT2D eigenvalue weighted by molar-refractivity contribution is 7.98. The van der Waals surface area contributed by atoms with Gasteiger partial charge in [0.05, 0.1) is 7.11 Å². The fourth-order valence-electron chi connectivity index (χ4n) is 4.02. The second-order valence-corrected chi connectivity index (χ2v) is 8.82. The van der Waals surface area contributed by atoms with Crippen molar-refractivity contribution in [2.45, 2.75) is 36.6 Å². The number of benzene rings is 2. The van der Waals surface area contributed by atoms with Gasteiger partial charge in [-0.1, -0.05) is 42.1 Å². The van der Waals surface area contributed by atoms with Crippen LogP contribution in [-0.2, 0) is 12.2 Å². The first-order valence-electron chi connectivity index (χ1n) is 10.7. The minimum atomic E-state index is 0.141. The number of hydrogen-bond donors (Lipinski definition) is 1. The van der Waals surface area contributed by atoms with Crippen molar-refractivity contribution in [2.75, 3.05) is 20.2 Å². The molecule has 1 aliphatic heterocycles. The SMILES string of the molecule is COc1ccc(CCC2CCN(C(=O)c3ccccc3CSc3ncn[nH]3)CC2)cc1. The molecule has 0 spiro atoms. The fourth-order valence-corrected chi connectivity index (χ4v) is 4.81. The molecular weight excluding hydrogens is 408 g/mol. The predicted molar refractivity (Wildman–Crippen MR) is 122 cm³/mol. The summed E-state index contributed by atoms with van der Waals surface area (Å²) in [5.41, 5.74) is 3.18. The van der Waals surface area contributed by atoms with Gasteiger partial charge >= 0.3 is 0 Å². The number of aromatic nitrogens is 3. The number of piperidine rings is 1. The minimum absolute atomic E-state index is 0.141. The van der Waals surface area contributed by atoms with Gasteiger partial charge in [-0.25, -0.2) is 4.98 Å². The highest BCUT2D eigenvalue weighted by Gasteiger charge is 2.25. The summed E-state index contributed by atoms with van der Waals surface area (Å²) in [7, 11) is 1.69. The monoisotopic (exact) mass is 436 g/mol. The molecule has 3 aromatic rings. The molecule has 0 unspecified atom stereocenters. The third-order valence-corrected chi connectivity index (χ3v) is 6.83. The van der Waals surface area contributed by atoms with E-state index in [1.807, 2.05) is 41.3 Å². The molecule has 1 saturated heterocycles. The molecule has 0 radical (unpaired) electrons. The van der Waals surface area contributed by atoms with Crippen molar-refractivity contribution < 1.29 is 9.53 Å². The second kappa shape index (κ2) is 10.5. The van der Waals surface area contributed by atoms with Gasteiger partial charge in [0.2, 0.25) is 0 Å². The molecule has 6 nitrogen and oxygen atoms in total. The van der Waals surface area contributed by atoms with Crippen LogP contribution >= 0.6 is 11.8 Å². The summed E-state index contributed by atoms with van der Waals surface area (Å²) in [6.45, 7) is 1.66. The predicted octanol–water partition coefficient (Wildman–Crippen LogP) is 4.59. The summed E-state index contributed by atoms with van der Waals surface area (Å²) in [6.07, 6.45) is 5.87. The standard InChI is InChI=1S/C24H28N4O2S/c1-30-21-10-8-18(9-11-21)6-7-19-12-14-28(15-13-19)23(29)22-5-3-2-4-20(22)16-31-24-25-17-26-27-24/h2-5,8-11,17,19H,6-7,12-16H2,1H3,(H,25,26,27). The Balaban J connectivity index is 1.29.